The molecule has 1 saturated heterocycles. The Morgan fingerprint density at radius 1 is 1.89 bits per heavy atom. The van der Waals surface area contributed by atoms with Gasteiger partial charge in [-0.2, -0.15) is 0 Å². The molecule has 4 heteroatoms. The summed E-state index contributed by atoms with van der Waals surface area (Å²) in [6.45, 7) is 2.83. The number of hydrogen-bond donors (Lipinski definition) is 0. The molecule has 0 aliphatic carbocycles. The first-order valence-electron chi connectivity index (χ1n) is 2.79. The van der Waals surface area contributed by atoms with Gasteiger partial charge in [-0.05, 0) is 6.92 Å². The van der Waals surface area contributed by atoms with Crippen molar-refractivity contribution in [3.63, 3.8) is 0 Å². The zero-order valence-corrected chi connectivity index (χ0v) is 5.89. The van der Waals surface area contributed by atoms with Gasteiger partial charge in [-0.1, -0.05) is 11.6 Å². The molecule has 52 valence electrons. The molecule has 0 aromatic rings. The number of ether oxygens (including phenoxy) is 1. The normalized spacial score (nSPS) is 22.0. The van der Waals surface area contributed by atoms with Crippen LogP contribution >= 0.6 is 11.6 Å². The van der Waals surface area contributed by atoms with Gasteiger partial charge in [0, 0.05) is 0 Å². The zero-order chi connectivity index (χ0) is 6.85. The predicted octanol–water partition coefficient (Wildman–Crippen LogP) is 1.02. The summed E-state index contributed by atoms with van der Waals surface area (Å²) >= 11 is 5.60. The van der Waals surface area contributed by atoms with Gasteiger partial charge in [0.1, 0.15) is 12.1 Å². The van der Waals surface area contributed by atoms with Crippen LogP contribution in [0.1, 0.15) is 6.92 Å². The molecule has 1 heterocycles. The predicted molar refractivity (Wildman–Crippen MR) is 33.4 cm³/mol. The molecule has 1 amide bonds. The molecule has 0 radical (unpaired) electrons. The van der Waals surface area contributed by atoms with Crippen molar-refractivity contribution in [3.8, 4) is 0 Å². The molecule has 0 saturated carbocycles. The topological polar surface area (TPSA) is 29.5 Å². The molecule has 0 unspecified atom stereocenters. The Kier molecular flexibility index (Phi) is 1.81. The van der Waals surface area contributed by atoms with E-state index in [-0.39, 0.29) is 11.6 Å². The van der Waals surface area contributed by atoms with E-state index in [0.717, 1.165) is 0 Å². The number of halogens is 1. The lowest BCUT2D eigenvalue weighted by Crippen LogP contribution is -2.29. The van der Waals surface area contributed by atoms with E-state index < -0.39 is 0 Å². The van der Waals surface area contributed by atoms with E-state index in [1.807, 2.05) is 0 Å². The van der Waals surface area contributed by atoms with Crippen LogP contribution < -0.4 is 0 Å². The van der Waals surface area contributed by atoms with E-state index in [0.29, 0.717) is 13.2 Å². The average Bonchev–Trinajstić information content (AvgIpc) is 2.13. The van der Waals surface area contributed by atoms with Crippen LogP contribution in [0.3, 0.4) is 0 Å². The minimum absolute atomic E-state index is 0.250. The largest absolute Gasteiger partial charge is 0.447 e. The highest BCUT2D eigenvalue weighted by atomic mass is 35.5. The maximum absolute atomic E-state index is 10.6. The van der Waals surface area contributed by atoms with Crippen LogP contribution in [0.25, 0.3) is 0 Å². The molecule has 0 aromatic carbocycles. The second-order valence-electron chi connectivity index (χ2n) is 1.88. The lowest BCUT2D eigenvalue weighted by molar-refractivity contribution is 0.157. The number of rotatable bonds is 1. The zero-order valence-electron chi connectivity index (χ0n) is 5.13. The van der Waals surface area contributed by atoms with Crippen LogP contribution in [0.5, 0.6) is 0 Å². The van der Waals surface area contributed by atoms with Gasteiger partial charge in [0.15, 0.2) is 0 Å². The summed E-state index contributed by atoms with van der Waals surface area (Å²) in [4.78, 5) is 12.1. The molecule has 9 heavy (non-hydrogen) atoms. The summed E-state index contributed by atoms with van der Waals surface area (Å²) in [5, 5.41) is 0. The fourth-order valence-corrected chi connectivity index (χ4v) is 0.906. The van der Waals surface area contributed by atoms with Crippen LogP contribution in [-0.2, 0) is 4.74 Å². The van der Waals surface area contributed by atoms with E-state index in [1.54, 1.807) is 6.92 Å². The Morgan fingerprint density at radius 3 is 2.78 bits per heavy atom. The molecule has 0 spiro atoms. The quantitative estimate of drug-likeness (QED) is 0.412. The minimum Gasteiger partial charge on any atom is -0.447 e. The van der Waals surface area contributed by atoms with Gasteiger partial charge in [-0.15, -0.1) is 0 Å². The molecule has 0 bridgehead atoms. The monoisotopic (exact) mass is 149 g/mol. The second kappa shape index (κ2) is 2.43. The van der Waals surface area contributed by atoms with Gasteiger partial charge < -0.3 is 4.74 Å². The van der Waals surface area contributed by atoms with Crippen molar-refractivity contribution in [1.29, 1.82) is 0 Å². The van der Waals surface area contributed by atoms with Crippen molar-refractivity contribution in [2.45, 2.75) is 12.4 Å². The molecule has 1 rings (SSSR count). The Balaban J connectivity index is 2.49. The van der Waals surface area contributed by atoms with Gasteiger partial charge in [-0.3, -0.25) is 4.90 Å². The highest BCUT2D eigenvalue weighted by Crippen LogP contribution is 2.10. The van der Waals surface area contributed by atoms with Crippen LogP contribution in [0.15, 0.2) is 0 Å². The first-order valence-corrected chi connectivity index (χ1v) is 3.23. The smallest absolute Gasteiger partial charge is 0.411 e. The maximum atomic E-state index is 10.6. The van der Waals surface area contributed by atoms with Gasteiger partial charge in [0.05, 0.1) is 6.54 Å². The Labute approximate surface area is 58.5 Å². The number of hydrogen-bond acceptors (Lipinski definition) is 2. The maximum Gasteiger partial charge on any atom is 0.411 e. The number of alkyl halides is 1. The number of cyclic esters (lactones) is 1. The van der Waals surface area contributed by atoms with Crippen molar-refractivity contribution < 1.29 is 9.53 Å². The third-order valence-corrected chi connectivity index (χ3v) is 1.46. The molecule has 1 fully saturated rings. The number of amides is 1. The van der Waals surface area contributed by atoms with Crippen LogP contribution in [0.2, 0.25) is 0 Å². The lowest BCUT2D eigenvalue weighted by atomic mass is 10.6. The summed E-state index contributed by atoms with van der Waals surface area (Å²) in [5.41, 5.74) is -0.250. The van der Waals surface area contributed by atoms with E-state index in [4.69, 9.17) is 11.6 Å². The van der Waals surface area contributed by atoms with E-state index >= 15 is 0 Å². The first kappa shape index (κ1) is 6.68. The number of carbonyl (C=O) groups is 1. The third kappa shape index (κ3) is 1.27. The third-order valence-electron chi connectivity index (χ3n) is 1.22. The fourth-order valence-electron chi connectivity index (χ4n) is 0.729. The highest BCUT2D eigenvalue weighted by molar-refractivity contribution is 6.20. The summed E-state index contributed by atoms with van der Waals surface area (Å²) in [5.74, 6) is 0. The molecule has 0 aromatic heterocycles. The molecule has 0 N–H and O–H groups in total. The Morgan fingerprint density at radius 2 is 2.56 bits per heavy atom. The van der Waals surface area contributed by atoms with Gasteiger partial charge in [0.25, 0.3) is 0 Å². The lowest BCUT2D eigenvalue weighted by Gasteiger charge is -2.13. The fraction of sp³-hybridized carbons (Fsp3) is 0.800. The average molecular weight is 150 g/mol. The van der Waals surface area contributed by atoms with Gasteiger partial charge >= 0.3 is 6.09 Å². The summed E-state index contributed by atoms with van der Waals surface area (Å²) < 4.78 is 4.63. The number of nitrogens with zero attached hydrogens (tertiary/aromatic N) is 1. The Bertz CT molecular complexity index is 126. The molecular weight excluding hydrogens is 142 g/mol. The van der Waals surface area contributed by atoms with E-state index in [1.165, 1.54) is 4.90 Å². The molecule has 1 atom stereocenters. The van der Waals surface area contributed by atoms with Gasteiger partial charge in [0.2, 0.25) is 0 Å². The van der Waals surface area contributed by atoms with E-state index in [2.05, 4.69) is 4.74 Å². The first-order chi connectivity index (χ1) is 4.22. The number of carbonyl (C=O) groups excluding carboxylic acids is 1. The standard InChI is InChI=1S/C5H8ClNO2/c1-4(6)7-2-3-9-5(7)8/h4H,2-3H2,1H3/t4-/m1/s1. The Hall–Kier alpha value is -0.440. The second-order valence-corrected chi connectivity index (χ2v) is 2.51. The molecular formula is C5H8ClNO2. The summed E-state index contributed by atoms with van der Waals surface area (Å²) in [6, 6.07) is 0. The van der Waals surface area contributed by atoms with Crippen LogP contribution in [-0.4, -0.2) is 29.6 Å². The van der Waals surface area contributed by atoms with Crippen molar-refractivity contribution in [2.24, 2.45) is 0 Å². The molecule has 1 aliphatic heterocycles. The summed E-state index contributed by atoms with van der Waals surface area (Å²) in [7, 11) is 0. The van der Waals surface area contributed by atoms with Gasteiger partial charge in [-0.25, -0.2) is 4.79 Å². The van der Waals surface area contributed by atoms with Crippen molar-refractivity contribution in [1.82, 2.24) is 4.90 Å². The van der Waals surface area contributed by atoms with E-state index in [9.17, 15) is 4.79 Å². The molecule has 3 nitrogen and oxygen atoms in total. The van der Waals surface area contributed by atoms with Crippen molar-refractivity contribution in [3.05, 3.63) is 0 Å². The SMILES string of the molecule is C[C@H](Cl)N1CCOC1=O. The van der Waals surface area contributed by atoms with Crippen LogP contribution in [0, 0.1) is 0 Å². The van der Waals surface area contributed by atoms with Crippen LogP contribution in [0.4, 0.5) is 4.79 Å². The highest BCUT2D eigenvalue weighted by Gasteiger charge is 2.24. The summed E-state index contributed by atoms with van der Waals surface area (Å²) in [6.07, 6.45) is -0.308. The minimum atomic E-state index is -0.308. The molecule has 1 aliphatic rings. The van der Waals surface area contributed by atoms with Crippen molar-refractivity contribution in [2.75, 3.05) is 13.2 Å². The van der Waals surface area contributed by atoms with Crippen molar-refractivity contribution >= 4 is 17.7 Å².